The molecule has 176 valence electrons. The second-order valence-corrected chi connectivity index (χ2v) is 10.2. The van der Waals surface area contributed by atoms with Gasteiger partial charge in [-0.3, -0.25) is 4.79 Å². The van der Waals surface area contributed by atoms with Gasteiger partial charge in [0, 0.05) is 24.7 Å². The first-order valence-corrected chi connectivity index (χ1v) is 12.9. The molecule has 1 aliphatic heterocycles. The van der Waals surface area contributed by atoms with Crippen LogP contribution >= 0.6 is 22.9 Å². The minimum absolute atomic E-state index is 0.0375. The summed E-state index contributed by atoms with van der Waals surface area (Å²) in [7, 11) is 0. The summed E-state index contributed by atoms with van der Waals surface area (Å²) in [6.07, 6.45) is 2.90. The Labute approximate surface area is 208 Å². The monoisotopic (exact) mass is 493 g/mol. The predicted molar refractivity (Wildman–Crippen MR) is 139 cm³/mol. The highest BCUT2D eigenvalue weighted by molar-refractivity contribution is 7.22. The zero-order chi connectivity index (χ0) is 23.7. The maximum absolute atomic E-state index is 12.9. The molecule has 1 atom stereocenters. The van der Waals surface area contributed by atoms with Gasteiger partial charge in [0.15, 0.2) is 10.8 Å². The van der Waals surface area contributed by atoms with Gasteiger partial charge >= 0.3 is 0 Å². The molecular formula is C26H28ClN5OS. The Bertz CT molecular complexity index is 1300. The molecule has 1 N–H and O–H groups in total. The number of amides is 1. The Morgan fingerprint density at radius 1 is 1.15 bits per heavy atom. The van der Waals surface area contributed by atoms with Crippen molar-refractivity contribution in [2.75, 3.05) is 18.0 Å². The van der Waals surface area contributed by atoms with Crippen LogP contribution in [0.4, 0.5) is 5.13 Å². The fourth-order valence-electron chi connectivity index (χ4n) is 4.41. The third kappa shape index (κ3) is 4.68. The van der Waals surface area contributed by atoms with Crippen LogP contribution in [0.3, 0.4) is 0 Å². The number of benzene rings is 2. The average Bonchev–Trinajstić information content (AvgIpc) is 3.44. The van der Waals surface area contributed by atoms with E-state index in [-0.39, 0.29) is 11.8 Å². The third-order valence-corrected chi connectivity index (χ3v) is 7.88. The number of aryl methyl sites for hydroxylation is 2. The summed E-state index contributed by atoms with van der Waals surface area (Å²) in [5.41, 5.74) is 5.17. The first-order valence-electron chi connectivity index (χ1n) is 11.7. The number of nitrogens with zero attached hydrogens (tertiary/aromatic N) is 4. The number of anilines is 1. The van der Waals surface area contributed by atoms with Gasteiger partial charge in [-0.25, -0.2) is 4.68 Å². The second-order valence-electron chi connectivity index (χ2n) is 8.80. The molecule has 8 heteroatoms. The molecule has 2 aromatic heterocycles. The van der Waals surface area contributed by atoms with Crippen LogP contribution < -0.4 is 10.2 Å². The molecule has 0 saturated carbocycles. The number of carbonyl (C=O) groups is 1. The molecule has 5 rings (SSSR count). The number of rotatable bonds is 6. The largest absolute Gasteiger partial charge is 0.352 e. The maximum atomic E-state index is 12.9. The average molecular weight is 494 g/mol. The topological polar surface area (TPSA) is 63.1 Å². The van der Waals surface area contributed by atoms with E-state index in [9.17, 15) is 4.79 Å². The number of aromatic nitrogens is 3. The fraction of sp³-hybridized carbons (Fsp3) is 0.346. The van der Waals surface area contributed by atoms with Crippen LogP contribution in [0.25, 0.3) is 16.0 Å². The lowest BCUT2D eigenvalue weighted by Crippen LogP contribution is -2.43. The summed E-state index contributed by atoms with van der Waals surface area (Å²) >= 11 is 7.70. The zero-order valence-electron chi connectivity index (χ0n) is 19.4. The van der Waals surface area contributed by atoms with Crippen molar-refractivity contribution in [3.8, 4) is 5.69 Å². The lowest BCUT2D eigenvalue weighted by Gasteiger charge is -2.31. The van der Waals surface area contributed by atoms with Gasteiger partial charge in [-0.2, -0.15) is 10.1 Å². The van der Waals surface area contributed by atoms with E-state index in [0.29, 0.717) is 18.1 Å². The summed E-state index contributed by atoms with van der Waals surface area (Å²) in [4.78, 5) is 20.1. The molecular weight excluding hydrogens is 466 g/mol. The molecule has 0 bridgehead atoms. The van der Waals surface area contributed by atoms with Crippen LogP contribution in [0.2, 0.25) is 5.02 Å². The van der Waals surface area contributed by atoms with Crippen LogP contribution in [-0.4, -0.2) is 33.8 Å². The standard InChI is InChI=1S/C26H28ClN5OS/c1-3-18-6-8-19(9-7-18)15-28-25(33)20-5-4-14-31(16-20)26-29-24-23(34-26)17(2)30-32(24)22-12-10-21(27)11-13-22/h6-13,20H,3-5,14-16H2,1-2H3,(H,28,33). The predicted octanol–water partition coefficient (Wildman–Crippen LogP) is 5.54. The first kappa shape index (κ1) is 22.9. The molecule has 1 fully saturated rings. The van der Waals surface area contributed by atoms with Crippen LogP contribution in [0.15, 0.2) is 48.5 Å². The number of nitrogens with one attached hydrogen (secondary N) is 1. The van der Waals surface area contributed by atoms with Gasteiger partial charge in [0.05, 0.1) is 22.0 Å². The number of carbonyl (C=O) groups excluding carboxylic acids is 1. The van der Waals surface area contributed by atoms with Gasteiger partial charge in [-0.15, -0.1) is 0 Å². The molecule has 3 heterocycles. The molecule has 1 saturated heterocycles. The maximum Gasteiger partial charge on any atom is 0.225 e. The highest BCUT2D eigenvalue weighted by atomic mass is 35.5. The molecule has 4 aromatic rings. The summed E-state index contributed by atoms with van der Waals surface area (Å²) < 4.78 is 2.95. The van der Waals surface area contributed by atoms with Crippen molar-refractivity contribution in [2.45, 2.75) is 39.7 Å². The van der Waals surface area contributed by atoms with Crippen molar-refractivity contribution in [1.82, 2.24) is 20.1 Å². The number of hydrogen-bond acceptors (Lipinski definition) is 5. The van der Waals surface area contributed by atoms with E-state index in [0.717, 1.165) is 58.2 Å². The highest BCUT2D eigenvalue weighted by Crippen LogP contribution is 2.34. The second kappa shape index (κ2) is 9.76. The summed E-state index contributed by atoms with van der Waals surface area (Å²) in [5.74, 6) is 0.0819. The minimum atomic E-state index is -0.0375. The van der Waals surface area contributed by atoms with Crippen LogP contribution in [0, 0.1) is 12.8 Å². The number of piperidine rings is 1. The van der Waals surface area contributed by atoms with E-state index in [4.69, 9.17) is 16.6 Å². The molecule has 2 aromatic carbocycles. The first-order chi connectivity index (χ1) is 16.5. The molecule has 0 aliphatic carbocycles. The van der Waals surface area contributed by atoms with Crippen LogP contribution in [-0.2, 0) is 17.8 Å². The molecule has 6 nitrogen and oxygen atoms in total. The van der Waals surface area contributed by atoms with Crippen molar-refractivity contribution in [3.63, 3.8) is 0 Å². The van der Waals surface area contributed by atoms with Gasteiger partial charge in [0.25, 0.3) is 0 Å². The van der Waals surface area contributed by atoms with Gasteiger partial charge in [-0.05, 0) is 61.6 Å². The number of hydrogen-bond donors (Lipinski definition) is 1. The Balaban J connectivity index is 1.29. The molecule has 34 heavy (non-hydrogen) atoms. The van der Waals surface area contributed by atoms with Gasteiger partial charge in [-0.1, -0.05) is 54.1 Å². The number of thiazole rings is 1. The Hall–Kier alpha value is -2.90. The van der Waals surface area contributed by atoms with E-state index in [1.54, 1.807) is 11.3 Å². The smallest absolute Gasteiger partial charge is 0.225 e. The summed E-state index contributed by atoms with van der Waals surface area (Å²) in [6, 6.07) is 16.1. The van der Waals surface area contributed by atoms with Crippen molar-refractivity contribution >= 4 is 44.3 Å². The molecule has 1 amide bonds. The number of fused-ring (bicyclic) bond motifs is 1. The molecule has 0 radical (unpaired) electrons. The highest BCUT2D eigenvalue weighted by Gasteiger charge is 2.28. The minimum Gasteiger partial charge on any atom is -0.352 e. The van der Waals surface area contributed by atoms with Gasteiger partial charge < -0.3 is 10.2 Å². The fourth-order valence-corrected chi connectivity index (χ4v) is 5.56. The van der Waals surface area contributed by atoms with Gasteiger partial charge in [0.2, 0.25) is 5.91 Å². The number of halogens is 1. The SMILES string of the molecule is CCc1ccc(CNC(=O)C2CCCN(c3nc4c(s3)c(C)nn4-c3ccc(Cl)cc3)C2)cc1. The molecule has 1 unspecified atom stereocenters. The summed E-state index contributed by atoms with van der Waals surface area (Å²) in [5, 5.41) is 9.46. The van der Waals surface area contributed by atoms with Crippen molar-refractivity contribution < 1.29 is 4.79 Å². The van der Waals surface area contributed by atoms with E-state index in [1.165, 1.54) is 5.56 Å². The lowest BCUT2D eigenvalue weighted by atomic mass is 9.97. The van der Waals surface area contributed by atoms with E-state index in [2.05, 4.69) is 46.5 Å². The Morgan fingerprint density at radius 3 is 2.62 bits per heavy atom. The molecule has 0 spiro atoms. The van der Waals surface area contributed by atoms with Crippen molar-refractivity contribution in [2.24, 2.45) is 5.92 Å². The Kier molecular flexibility index (Phi) is 6.57. The third-order valence-electron chi connectivity index (χ3n) is 6.41. The lowest BCUT2D eigenvalue weighted by molar-refractivity contribution is -0.125. The summed E-state index contributed by atoms with van der Waals surface area (Å²) in [6.45, 7) is 6.31. The van der Waals surface area contributed by atoms with E-state index < -0.39 is 0 Å². The molecule has 1 aliphatic rings. The normalized spacial score (nSPS) is 16.2. The zero-order valence-corrected chi connectivity index (χ0v) is 21.0. The quantitative estimate of drug-likeness (QED) is 0.383. The van der Waals surface area contributed by atoms with Crippen LogP contribution in [0.1, 0.15) is 36.6 Å². The van der Waals surface area contributed by atoms with Crippen molar-refractivity contribution in [3.05, 3.63) is 70.4 Å². The van der Waals surface area contributed by atoms with Crippen LogP contribution in [0.5, 0.6) is 0 Å². The van der Waals surface area contributed by atoms with E-state index >= 15 is 0 Å². The Morgan fingerprint density at radius 2 is 1.88 bits per heavy atom. The van der Waals surface area contributed by atoms with E-state index in [1.807, 2.05) is 35.9 Å². The van der Waals surface area contributed by atoms with Crippen molar-refractivity contribution in [1.29, 1.82) is 0 Å². The van der Waals surface area contributed by atoms with Gasteiger partial charge in [0.1, 0.15) is 0 Å².